The van der Waals surface area contributed by atoms with E-state index < -0.39 is 12.1 Å². The zero-order valence-electron chi connectivity index (χ0n) is 5.73. The number of aryl methyl sites for hydroxylation is 1. The smallest absolute Gasteiger partial charge is 0.281 e. The third-order valence-electron chi connectivity index (χ3n) is 1.29. The molecule has 0 saturated heterocycles. The number of nitriles is 1. The summed E-state index contributed by atoms with van der Waals surface area (Å²) >= 11 is 0. The van der Waals surface area contributed by atoms with Crippen molar-refractivity contribution in [1.29, 1.82) is 5.26 Å². The molecule has 0 aliphatic heterocycles. The molecule has 5 heteroatoms. The Balaban J connectivity index is 3.19. The van der Waals surface area contributed by atoms with Crippen molar-refractivity contribution in [3.8, 4) is 6.07 Å². The summed E-state index contributed by atoms with van der Waals surface area (Å²) in [6, 6.07) is 1.65. The van der Waals surface area contributed by atoms with Gasteiger partial charge in [0.05, 0.1) is 5.69 Å². The molecule has 0 aliphatic rings. The third-order valence-corrected chi connectivity index (χ3v) is 1.29. The third kappa shape index (κ3) is 1.19. The standard InChI is InChI=1S/C6H5F2N3/c1-3-4(2-9)5(6(7)8)11-10-3/h6H,1H3,(H,10,11). The van der Waals surface area contributed by atoms with E-state index in [1.54, 1.807) is 6.07 Å². The highest BCUT2D eigenvalue weighted by Gasteiger charge is 2.17. The quantitative estimate of drug-likeness (QED) is 0.671. The van der Waals surface area contributed by atoms with E-state index in [0.717, 1.165) is 0 Å². The Bertz CT molecular complexity index is 297. The number of aromatic nitrogens is 2. The van der Waals surface area contributed by atoms with Gasteiger partial charge in [0.1, 0.15) is 17.3 Å². The molecule has 0 aliphatic carbocycles. The van der Waals surface area contributed by atoms with Crippen LogP contribution in [0.1, 0.15) is 23.4 Å². The van der Waals surface area contributed by atoms with Gasteiger partial charge in [0, 0.05) is 0 Å². The monoisotopic (exact) mass is 157 g/mol. The first-order chi connectivity index (χ1) is 5.16. The van der Waals surface area contributed by atoms with Gasteiger partial charge in [-0.15, -0.1) is 0 Å². The lowest BCUT2D eigenvalue weighted by atomic mass is 10.2. The molecule has 58 valence electrons. The predicted molar refractivity (Wildman–Crippen MR) is 33.0 cm³/mol. The summed E-state index contributed by atoms with van der Waals surface area (Å²) < 4.78 is 24.0. The van der Waals surface area contributed by atoms with Crippen LogP contribution in [-0.4, -0.2) is 10.2 Å². The number of hydrogen-bond donors (Lipinski definition) is 1. The lowest BCUT2D eigenvalue weighted by molar-refractivity contribution is 0.145. The average Bonchev–Trinajstić information content (AvgIpc) is 2.30. The van der Waals surface area contributed by atoms with Gasteiger partial charge in [0.2, 0.25) is 0 Å². The van der Waals surface area contributed by atoms with Crippen LogP contribution in [0, 0.1) is 18.3 Å². The van der Waals surface area contributed by atoms with Gasteiger partial charge in [-0.05, 0) is 6.92 Å². The van der Waals surface area contributed by atoms with Gasteiger partial charge < -0.3 is 0 Å². The number of hydrogen-bond acceptors (Lipinski definition) is 2. The van der Waals surface area contributed by atoms with Crippen molar-refractivity contribution < 1.29 is 8.78 Å². The first-order valence-electron chi connectivity index (χ1n) is 2.90. The largest absolute Gasteiger partial charge is 0.283 e. The number of rotatable bonds is 1. The number of nitrogens with zero attached hydrogens (tertiary/aromatic N) is 2. The summed E-state index contributed by atoms with van der Waals surface area (Å²) in [5, 5.41) is 14.0. The molecule has 0 radical (unpaired) electrons. The molecule has 3 nitrogen and oxygen atoms in total. The van der Waals surface area contributed by atoms with E-state index in [1.807, 2.05) is 0 Å². The molecule has 0 unspecified atom stereocenters. The van der Waals surface area contributed by atoms with Crippen molar-refractivity contribution in [3.05, 3.63) is 17.0 Å². The van der Waals surface area contributed by atoms with Crippen molar-refractivity contribution in [2.75, 3.05) is 0 Å². The normalized spacial score (nSPS) is 10.1. The summed E-state index contributed by atoms with van der Waals surface area (Å²) in [5.74, 6) is 0. The zero-order valence-corrected chi connectivity index (χ0v) is 5.73. The van der Waals surface area contributed by atoms with E-state index in [9.17, 15) is 8.78 Å². The number of H-pyrrole nitrogens is 1. The summed E-state index contributed by atoms with van der Waals surface area (Å²) in [7, 11) is 0. The second-order valence-electron chi connectivity index (χ2n) is 2.02. The predicted octanol–water partition coefficient (Wildman–Crippen LogP) is 1.53. The summed E-state index contributed by atoms with van der Waals surface area (Å²) in [4.78, 5) is 0. The van der Waals surface area contributed by atoms with Gasteiger partial charge in [0.15, 0.2) is 0 Å². The molecule has 0 saturated carbocycles. The molecule has 1 rings (SSSR count). The van der Waals surface area contributed by atoms with Crippen LogP contribution in [0.3, 0.4) is 0 Å². The van der Waals surface area contributed by atoms with E-state index in [2.05, 4.69) is 10.2 Å². The molecular formula is C6H5F2N3. The second-order valence-corrected chi connectivity index (χ2v) is 2.02. The van der Waals surface area contributed by atoms with Gasteiger partial charge in [-0.3, -0.25) is 5.10 Å². The maximum atomic E-state index is 12.0. The molecule has 1 N–H and O–H groups in total. The van der Waals surface area contributed by atoms with E-state index >= 15 is 0 Å². The van der Waals surface area contributed by atoms with Crippen LogP contribution < -0.4 is 0 Å². The number of alkyl halides is 2. The van der Waals surface area contributed by atoms with Crippen molar-refractivity contribution >= 4 is 0 Å². The van der Waals surface area contributed by atoms with Crippen molar-refractivity contribution in [2.24, 2.45) is 0 Å². The van der Waals surface area contributed by atoms with Gasteiger partial charge in [-0.25, -0.2) is 8.78 Å². The fourth-order valence-electron chi connectivity index (χ4n) is 0.747. The van der Waals surface area contributed by atoms with Crippen LogP contribution in [0.5, 0.6) is 0 Å². The SMILES string of the molecule is Cc1[nH]nc(C(F)F)c1C#N. The number of nitrogens with one attached hydrogen (secondary N) is 1. The second kappa shape index (κ2) is 2.66. The first kappa shape index (κ1) is 7.66. The summed E-state index contributed by atoms with van der Waals surface area (Å²) in [5.41, 5.74) is -0.146. The van der Waals surface area contributed by atoms with Crippen LogP contribution in [-0.2, 0) is 0 Å². The highest BCUT2D eigenvalue weighted by atomic mass is 19.3. The molecule has 0 fully saturated rings. The first-order valence-corrected chi connectivity index (χ1v) is 2.90. The van der Waals surface area contributed by atoms with Crippen LogP contribution in [0.25, 0.3) is 0 Å². The van der Waals surface area contributed by atoms with Crippen molar-refractivity contribution in [1.82, 2.24) is 10.2 Å². The average molecular weight is 157 g/mol. The molecular weight excluding hydrogens is 152 g/mol. The Morgan fingerprint density at radius 3 is 2.64 bits per heavy atom. The fraction of sp³-hybridized carbons (Fsp3) is 0.333. The van der Waals surface area contributed by atoms with Crippen LogP contribution >= 0.6 is 0 Å². The van der Waals surface area contributed by atoms with Gasteiger partial charge >= 0.3 is 0 Å². The Morgan fingerprint density at radius 1 is 1.64 bits per heavy atom. The van der Waals surface area contributed by atoms with Crippen LogP contribution in [0.15, 0.2) is 0 Å². The minimum Gasteiger partial charge on any atom is -0.281 e. The molecule has 0 spiro atoms. The van der Waals surface area contributed by atoms with Crippen molar-refractivity contribution in [2.45, 2.75) is 13.3 Å². The lowest BCUT2D eigenvalue weighted by Gasteiger charge is -1.90. The Labute approximate surface area is 61.6 Å². The molecule has 0 bridgehead atoms. The molecule has 0 amide bonds. The van der Waals surface area contributed by atoms with E-state index in [-0.39, 0.29) is 5.56 Å². The molecule has 1 heterocycles. The molecule has 11 heavy (non-hydrogen) atoms. The Kier molecular flexibility index (Phi) is 1.85. The summed E-state index contributed by atoms with van der Waals surface area (Å²) in [6.07, 6.45) is -2.69. The highest BCUT2D eigenvalue weighted by Crippen LogP contribution is 2.21. The number of halogens is 2. The molecule has 0 atom stereocenters. The van der Waals surface area contributed by atoms with Gasteiger partial charge in [-0.1, -0.05) is 0 Å². The Morgan fingerprint density at radius 2 is 2.27 bits per heavy atom. The van der Waals surface area contributed by atoms with Gasteiger partial charge in [0.25, 0.3) is 6.43 Å². The maximum Gasteiger partial charge on any atom is 0.283 e. The van der Waals surface area contributed by atoms with E-state index in [4.69, 9.17) is 5.26 Å². The molecule has 0 aromatic carbocycles. The maximum absolute atomic E-state index is 12.0. The summed E-state index contributed by atoms with van der Waals surface area (Å²) in [6.45, 7) is 1.53. The van der Waals surface area contributed by atoms with Gasteiger partial charge in [-0.2, -0.15) is 10.4 Å². The number of aromatic amines is 1. The van der Waals surface area contributed by atoms with Crippen molar-refractivity contribution in [3.63, 3.8) is 0 Å². The van der Waals surface area contributed by atoms with Crippen LogP contribution in [0.4, 0.5) is 8.78 Å². The zero-order chi connectivity index (χ0) is 8.43. The van der Waals surface area contributed by atoms with E-state index in [0.29, 0.717) is 5.69 Å². The highest BCUT2D eigenvalue weighted by molar-refractivity contribution is 5.37. The lowest BCUT2D eigenvalue weighted by Crippen LogP contribution is -1.87. The van der Waals surface area contributed by atoms with E-state index in [1.165, 1.54) is 6.92 Å². The Hall–Kier alpha value is -1.44. The topological polar surface area (TPSA) is 52.5 Å². The molecule has 1 aromatic heterocycles. The molecule has 1 aromatic rings. The fourth-order valence-corrected chi connectivity index (χ4v) is 0.747. The minimum absolute atomic E-state index is 0.0556. The minimum atomic E-state index is -2.69. The van der Waals surface area contributed by atoms with Crippen LogP contribution in [0.2, 0.25) is 0 Å².